The molecule has 180 valence electrons. The third kappa shape index (κ3) is 5.03. The Labute approximate surface area is 210 Å². The first-order valence-electron chi connectivity index (χ1n) is 11.4. The van der Waals surface area contributed by atoms with E-state index in [-0.39, 0.29) is 17.2 Å². The summed E-state index contributed by atoms with van der Waals surface area (Å²) >= 11 is 2.80. The molecule has 0 radical (unpaired) electrons. The number of aromatic nitrogens is 2. The number of fused-ring (bicyclic) bond motifs is 3. The number of thioether (sulfide) groups is 1. The molecule has 1 aliphatic carbocycles. The predicted molar refractivity (Wildman–Crippen MR) is 138 cm³/mol. The molecule has 3 heterocycles. The number of aryl methyl sites for hydroxylation is 2. The highest BCUT2D eigenvalue weighted by Crippen LogP contribution is 2.35. The van der Waals surface area contributed by atoms with Crippen LogP contribution < -0.4 is 15.7 Å². The molecule has 0 fully saturated rings. The Morgan fingerprint density at radius 2 is 2.11 bits per heavy atom. The maximum absolute atomic E-state index is 13.8. The Bertz CT molecular complexity index is 1420. The molecule has 4 aromatic rings. The molecule has 0 saturated heterocycles. The number of carbonyl (C=O) groups is 1. The molecule has 8 nitrogen and oxygen atoms in total. The molecule has 0 aliphatic heterocycles. The quantitative estimate of drug-likeness (QED) is 0.162. The summed E-state index contributed by atoms with van der Waals surface area (Å²) in [6.07, 6.45) is 7.06. The highest BCUT2D eigenvalue weighted by Gasteiger charge is 2.23. The molecule has 1 aromatic carbocycles. The number of furan rings is 1. The Kier molecular flexibility index (Phi) is 7.01. The van der Waals surface area contributed by atoms with Gasteiger partial charge in [0.25, 0.3) is 11.5 Å². The molecule has 3 aromatic heterocycles. The number of amides is 1. The molecule has 0 atom stereocenters. The molecular formula is C25H24N4O4S2. The fourth-order valence-electron chi connectivity index (χ4n) is 4.06. The lowest BCUT2D eigenvalue weighted by molar-refractivity contribution is -0.118. The van der Waals surface area contributed by atoms with Crippen molar-refractivity contribution < 1.29 is 13.9 Å². The summed E-state index contributed by atoms with van der Waals surface area (Å²) in [5.41, 5.74) is 4.20. The van der Waals surface area contributed by atoms with Crippen molar-refractivity contribution in [3.63, 3.8) is 0 Å². The van der Waals surface area contributed by atoms with Gasteiger partial charge in [-0.3, -0.25) is 14.2 Å². The van der Waals surface area contributed by atoms with E-state index in [1.54, 1.807) is 28.0 Å². The molecule has 1 amide bonds. The lowest BCUT2D eigenvalue weighted by atomic mass is 9.97. The Hall–Kier alpha value is -3.37. The van der Waals surface area contributed by atoms with Crippen LogP contribution in [0.25, 0.3) is 15.9 Å². The van der Waals surface area contributed by atoms with Crippen LogP contribution in [-0.4, -0.2) is 34.0 Å². The average molecular weight is 509 g/mol. The van der Waals surface area contributed by atoms with Crippen molar-refractivity contribution >= 4 is 45.4 Å². The summed E-state index contributed by atoms with van der Waals surface area (Å²) in [7, 11) is 0. The van der Waals surface area contributed by atoms with Crippen LogP contribution in [0.3, 0.4) is 0 Å². The van der Waals surface area contributed by atoms with Crippen LogP contribution in [0.4, 0.5) is 0 Å². The van der Waals surface area contributed by atoms with Crippen molar-refractivity contribution in [1.29, 1.82) is 0 Å². The van der Waals surface area contributed by atoms with Gasteiger partial charge in [0.15, 0.2) is 5.16 Å². The molecule has 35 heavy (non-hydrogen) atoms. The fourth-order valence-corrected chi connectivity index (χ4v) is 6.17. The normalized spacial score (nSPS) is 13.3. The maximum Gasteiger partial charge on any atom is 0.267 e. The Morgan fingerprint density at radius 3 is 2.89 bits per heavy atom. The predicted octanol–water partition coefficient (Wildman–Crippen LogP) is 4.56. The number of hydrazone groups is 1. The minimum atomic E-state index is -0.309. The molecule has 1 aliphatic rings. The zero-order valence-electron chi connectivity index (χ0n) is 19.2. The third-order valence-electron chi connectivity index (χ3n) is 5.62. The van der Waals surface area contributed by atoms with E-state index in [1.807, 2.05) is 31.2 Å². The van der Waals surface area contributed by atoms with Crippen molar-refractivity contribution in [3.8, 4) is 11.4 Å². The monoisotopic (exact) mass is 508 g/mol. The summed E-state index contributed by atoms with van der Waals surface area (Å²) in [4.78, 5) is 33.0. The van der Waals surface area contributed by atoms with E-state index >= 15 is 0 Å². The van der Waals surface area contributed by atoms with Crippen molar-refractivity contribution in [3.05, 3.63) is 69.2 Å². The van der Waals surface area contributed by atoms with E-state index in [0.29, 0.717) is 28.6 Å². The van der Waals surface area contributed by atoms with Crippen LogP contribution in [0, 0.1) is 0 Å². The molecule has 5 rings (SSSR count). The lowest BCUT2D eigenvalue weighted by Gasteiger charge is -2.14. The zero-order valence-corrected chi connectivity index (χ0v) is 20.8. The number of nitrogens with one attached hydrogen (secondary N) is 1. The standard InChI is InChI=1S/C25H24N4O4S2/c1-2-32-17-11-9-16(10-12-17)29-24(31)22-19-7-3-4-8-20(19)35-23(22)27-25(29)34-15-21(30)28-26-14-18-6-5-13-33-18/h5-6,9-14H,2-4,7-8,15H2,1H3,(H,28,30). The molecule has 0 unspecified atom stereocenters. The molecule has 0 spiro atoms. The zero-order chi connectivity index (χ0) is 24.2. The van der Waals surface area contributed by atoms with Crippen molar-refractivity contribution in [2.75, 3.05) is 12.4 Å². The van der Waals surface area contributed by atoms with Gasteiger partial charge in [-0.05, 0) is 74.6 Å². The van der Waals surface area contributed by atoms with Crippen LogP contribution in [0.2, 0.25) is 0 Å². The van der Waals surface area contributed by atoms with Crippen LogP contribution in [0.5, 0.6) is 5.75 Å². The second-order valence-corrected chi connectivity index (χ2v) is 9.98. The SMILES string of the molecule is CCOc1ccc(-n2c(SCC(=O)NN=Cc3ccco3)nc3sc4c(c3c2=O)CCCC4)cc1. The first-order valence-corrected chi connectivity index (χ1v) is 13.2. The number of rotatable bonds is 8. The minimum Gasteiger partial charge on any atom is -0.494 e. The summed E-state index contributed by atoms with van der Waals surface area (Å²) in [6, 6.07) is 10.8. The van der Waals surface area contributed by atoms with Crippen LogP contribution in [-0.2, 0) is 17.6 Å². The number of benzene rings is 1. The van der Waals surface area contributed by atoms with Gasteiger partial charge >= 0.3 is 0 Å². The smallest absolute Gasteiger partial charge is 0.267 e. The summed E-state index contributed by atoms with van der Waals surface area (Å²) < 4.78 is 12.3. The van der Waals surface area contributed by atoms with Crippen LogP contribution in [0.1, 0.15) is 36.0 Å². The average Bonchev–Trinajstić information content (AvgIpc) is 3.51. The molecular weight excluding hydrogens is 484 g/mol. The number of ether oxygens (including phenoxy) is 1. The van der Waals surface area contributed by atoms with Gasteiger partial charge in [-0.25, -0.2) is 10.4 Å². The lowest BCUT2D eigenvalue weighted by Crippen LogP contribution is -2.24. The number of hydrogen-bond donors (Lipinski definition) is 1. The Morgan fingerprint density at radius 1 is 1.29 bits per heavy atom. The van der Waals surface area contributed by atoms with Crippen molar-refractivity contribution in [2.45, 2.75) is 37.8 Å². The largest absolute Gasteiger partial charge is 0.494 e. The third-order valence-corrected chi connectivity index (χ3v) is 7.74. The van der Waals surface area contributed by atoms with Gasteiger partial charge in [0.05, 0.1) is 35.9 Å². The van der Waals surface area contributed by atoms with E-state index in [9.17, 15) is 9.59 Å². The van der Waals surface area contributed by atoms with E-state index in [0.717, 1.165) is 41.8 Å². The van der Waals surface area contributed by atoms with Crippen molar-refractivity contribution in [2.24, 2.45) is 5.10 Å². The maximum atomic E-state index is 13.8. The highest BCUT2D eigenvalue weighted by molar-refractivity contribution is 7.99. The van der Waals surface area contributed by atoms with E-state index in [2.05, 4.69) is 10.5 Å². The van der Waals surface area contributed by atoms with Gasteiger partial charge in [0.1, 0.15) is 16.3 Å². The minimum absolute atomic E-state index is 0.0512. The summed E-state index contributed by atoms with van der Waals surface area (Å²) in [5.74, 6) is 1.01. The molecule has 1 N–H and O–H groups in total. The van der Waals surface area contributed by atoms with E-state index in [4.69, 9.17) is 14.1 Å². The van der Waals surface area contributed by atoms with Crippen LogP contribution >= 0.6 is 23.1 Å². The van der Waals surface area contributed by atoms with Gasteiger partial charge in [0.2, 0.25) is 0 Å². The summed E-state index contributed by atoms with van der Waals surface area (Å²) in [5, 5.41) is 5.08. The fraction of sp³-hybridized carbons (Fsp3) is 0.280. The highest BCUT2D eigenvalue weighted by atomic mass is 32.2. The van der Waals surface area contributed by atoms with Crippen molar-refractivity contribution in [1.82, 2.24) is 15.0 Å². The number of carbonyl (C=O) groups excluding carboxylic acids is 1. The number of thiophene rings is 1. The van der Waals surface area contributed by atoms with Gasteiger partial charge in [-0.15, -0.1) is 11.3 Å². The van der Waals surface area contributed by atoms with Gasteiger partial charge < -0.3 is 9.15 Å². The number of hydrogen-bond acceptors (Lipinski definition) is 8. The summed E-state index contributed by atoms with van der Waals surface area (Å²) in [6.45, 7) is 2.49. The molecule has 0 bridgehead atoms. The topological polar surface area (TPSA) is 98.7 Å². The van der Waals surface area contributed by atoms with Gasteiger partial charge in [-0.1, -0.05) is 11.8 Å². The first kappa shape index (κ1) is 23.4. The van der Waals surface area contributed by atoms with Gasteiger partial charge in [0, 0.05) is 4.88 Å². The van der Waals surface area contributed by atoms with E-state index < -0.39 is 0 Å². The second kappa shape index (κ2) is 10.5. The van der Waals surface area contributed by atoms with E-state index in [1.165, 1.54) is 29.1 Å². The second-order valence-electron chi connectivity index (χ2n) is 7.95. The molecule has 10 heteroatoms. The Balaban J connectivity index is 1.47. The number of nitrogens with zero attached hydrogens (tertiary/aromatic N) is 3. The van der Waals surface area contributed by atoms with Crippen LogP contribution in [0.15, 0.2) is 62.1 Å². The molecule has 0 saturated carbocycles. The first-order chi connectivity index (χ1) is 17.1. The van der Waals surface area contributed by atoms with Gasteiger partial charge in [-0.2, -0.15) is 5.10 Å².